The van der Waals surface area contributed by atoms with Gasteiger partial charge in [-0.05, 0) is 80.9 Å². The number of anilines is 2. The van der Waals surface area contributed by atoms with Crippen molar-refractivity contribution < 1.29 is 31.1 Å². The number of fused-ring (bicyclic) bond motifs is 6. The molecule has 5 atom stereocenters. The number of carbonyl (C=O) groups excluding carboxylic acids is 1. The number of amides is 1. The molecule has 3 saturated carbocycles. The third-order valence-electron chi connectivity index (χ3n) is 8.78. The monoisotopic (exact) mass is 567 g/mol. The van der Waals surface area contributed by atoms with E-state index in [0.717, 1.165) is 25.5 Å². The van der Waals surface area contributed by atoms with Crippen LogP contribution in [-0.4, -0.2) is 63.6 Å². The Bertz CT molecular complexity index is 1470. The molecule has 0 radical (unpaired) electrons. The average Bonchev–Trinajstić information content (AvgIpc) is 3.45. The van der Waals surface area contributed by atoms with Crippen LogP contribution >= 0.6 is 0 Å². The molecule has 6 rings (SSSR count). The van der Waals surface area contributed by atoms with Gasteiger partial charge >= 0.3 is 10.0 Å². The summed E-state index contributed by atoms with van der Waals surface area (Å²) in [5.74, 6) is -0.405. The van der Waals surface area contributed by atoms with Crippen LogP contribution in [0.2, 0.25) is 0 Å². The maximum absolute atomic E-state index is 14.0. The predicted octanol–water partition coefficient (Wildman–Crippen LogP) is 3.33. The van der Waals surface area contributed by atoms with Gasteiger partial charge in [0.2, 0.25) is 0 Å². The fourth-order valence-corrected chi connectivity index (χ4v) is 8.92. The molecule has 0 spiro atoms. The van der Waals surface area contributed by atoms with E-state index in [0.29, 0.717) is 32.2 Å². The van der Waals surface area contributed by atoms with Gasteiger partial charge in [-0.1, -0.05) is 0 Å². The molecule has 206 valence electrons. The molecule has 13 heteroatoms. The number of benzene rings is 1. The van der Waals surface area contributed by atoms with Gasteiger partial charge in [-0.15, -0.1) is 4.40 Å². The lowest BCUT2D eigenvalue weighted by Crippen LogP contribution is -2.55. The van der Waals surface area contributed by atoms with E-state index in [-0.39, 0.29) is 63.2 Å². The van der Waals surface area contributed by atoms with Crippen molar-refractivity contribution in [2.45, 2.75) is 62.1 Å². The van der Waals surface area contributed by atoms with E-state index in [4.69, 9.17) is 0 Å². The number of sulfonamides is 1. The summed E-state index contributed by atoms with van der Waals surface area (Å²) in [6.07, 6.45) is 5.45. The minimum absolute atomic E-state index is 0.106. The molecule has 1 aromatic carbocycles. The first-order valence-corrected chi connectivity index (χ1v) is 16.4. The van der Waals surface area contributed by atoms with Gasteiger partial charge in [0, 0.05) is 18.5 Å². The van der Waals surface area contributed by atoms with E-state index < -0.39 is 32.1 Å². The number of aliphatic hydroxyl groups excluding tert-OH is 1. The SMILES string of the molecule is CS(=O)(=[OH+])Nc1ccc2c(c1)S(=O)(=O)N=C(C1=C(O)[C@@H]3[C@H]4CC[C@H](C4)[C@@H]3N(CC3CCC(F)CC3)C1=O)N2. The highest BCUT2D eigenvalue weighted by Gasteiger charge is 2.57. The number of aliphatic hydroxyl groups is 1. The molecule has 1 aromatic rings. The van der Waals surface area contributed by atoms with Crippen molar-refractivity contribution >= 4 is 43.2 Å². The topological polar surface area (TPSA) is 150 Å². The highest BCUT2D eigenvalue weighted by molar-refractivity contribution is 7.92. The summed E-state index contributed by atoms with van der Waals surface area (Å²) in [5.41, 5.74) is 0.149. The molecule has 1 amide bonds. The zero-order valence-corrected chi connectivity index (χ0v) is 22.6. The van der Waals surface area contributed by atoms with Crippen molar-refractivity contribution in [3.8, 4) is 0 Å². The molecule has 2 heterocycles. The van der Waals surface area contributed by atoms with Gasteiger partial charge in [0.05, 0.1) is 11.4 Å². The molecule has 0 saturated heterocycles. The summed E-state index contributed by atoms with van der Waals surface area (Å²) in [6.45, 7) is 0.454. The molecule has 1 unspecified atom stereocenters. The number of hydrogen-bond donors (Lipinski definition) is 3. The van der Waals surface area contributed by atoms with Gasteiger partial charge in [-0.25, -0.2) is 13.3 Å². The Hall–Kier alpha value is -2.67. The van der Waals surface area contributed by atoms with Crippen molar-refractivity contribution in [3.05, 3.63) is 29.5 Å². The Kier molecular flexibility index (Phi) is 6.02. The number of alkyl halides is 1. The lowest BCUT2D eigenvalue weighted by Gasteiger charge is -2.45. The van der Waals surface area contributed by atoms with Crippen LogP contribution in [0, 0.1) is 23.7 Å². The summed E-state index contributed by atoms with van der Waals surface area (Å²) in [6, 6.07) is 3.93. The number of halogens is 1. The average molecular weight is 568 g/mol. The van der Waals surface area contributed by atoms with E-state index in [1.807, 2.05) is 4.90 Å². The largest absolute Gasteiger partial charge is 0.511 e. The molecule has 10 nitrogen and oxygen atoms in total. The lowest BCUT2D eigenvalue weighted by atomic mass is 9.77. The van der Waals surface area contributed by atoms with E-state index in [2.05, 4.69) is 14.4 Å². The summed E-state index contributed by atoms with van der Waals surface area (Å²) < 4.78 is 67.7. The number of carbonyl (C=O) groups is 1. The zero-order valence-electron chi connectivity index (χ0n) is 21.0. The smallest absolute Gasteiger partial charge is 0.363 e. The van der Waals surface area contributed by atoms with Crippen LogP contribution in [-0.2, 0) is 24.8 Å². The lowest BCUT2D eigenvalue weighted by molar-refractivity contribution is -0.134. The Labute approximate surface area is 221 Å². The van der Waals surface area contributed by atoms with Gasteiger partial charge in [0.1, 0.15) is 28.7 Å². The fourth-order valence-electron chi connectivity index (χ4n) is 7.21. The first-order chi connectivity index (χ1) is 17.9. The first-order valence-electron chi connectivity index (χ1n) is 13.1. The van der Waals surface area contributed by atoms with Crippen molar-refractivity contribution in [1.29, 1.82) is 0 Å². The van der Waals surface area contributed by atoms with E-state index in [1.54, 1.807) is 0 Å². The third-order valence-corrected chi connectivity index (χ3v) is 10.7. The van der Waals surface area contributed by atoms with Crippen LogP contribution in [0.4, 0.5) is 15.8 Å². The van der Waals surface area contributed by atoms with Crippen LogP contribution in [0.15, 0.2) is 38.8 Å². The van der Waals surface area contributed by atoms with Gasteiger partial charge in [-0.2, -0.15) is 12.6 Å². The van der Waals surface area contributed by atoms with Gasteiger partial charge in [0.25, 0.3) is 15.9 Å². The predicted molar refractivity (Wildman–Crippen MR) is 141 cm³/mol. The van der Waals surface area contributed by atoms with Crippen LogP contribution in [0.25, 0.3) is 0 Å². The third kappa shape index (κ3) is 4.37. The minimum Gasteiger partial charge on any atom is -0.511 e. The summed E-state index contributed by atoms with van der Waals surface area (Å²) >= 11 is 0. The Morgan fingerprint density at radius 1 is 1.21 bits per heavy atom. The van der Waals surface area contributed by atoms with Gasteiger partial charge < -0.3 is 15.3 Å². The first kappa shape index (κ1) is 25.6. The minimum atomic E-state index is -4.30. The second-order valence-corrected chi connectivity index (χ2v) is 14.7. The second kappa shape index (κ2) is 8.94. The Morgan fingerprint density at radius 2 is 1.92 bits per heavy atom. The Balaban J connectivity index is 1.37. The normalized spacial score (nSPS) is 35.2. The molecule has 5 aliphatic rings. The molecular weight excluding hydrogens is 535 g/mol. The standard InChI is InChI=1S/C25H31FN4O6S2/c1-37(33,34)28-17-8-9-18-19(11-17)38(35,36)29-24(27-18)21-23(31)20-14-4-5-15(10-14)22(20)30(25(21)32)12-13-2-6-16(26)7-3-13/h8-9,11,13-16,20,22,31H,2-7,10,12H2,1H3,(H,27,29)(H,28,33,34)/p+1/t13?,14-,15+,16?,20+,22-/m0/s1. The fraction of sp³-hybridized carbons (Fsp3) is 0.600. The maximum atomic E-state index is 14.0. The van der Waals surface area contributed by atoms with Crippen molar-refractivity contribution in [3.63, 3.8) is 0 Å². The number of amidine groups is 1. The van der Waals surface area contributed by atoms with Crippen LogP contribution in [0.1, 0.15) is 44.9 Å². The number of rotatable bonds is 5. The molecule has 3 aliphatic carbocycles. The highest BCUT2D eigenvalue weighted by Crippen LogP contribution is 2.55. The van der Waals surface area contributed by atoms with Gasteiger partial charge in [-0.3, -0.25) is 4.79 Å². The molecule has 0 aromatic heterocycles. The molecule has 2 bridgehead atoms. The van der Waals surface area contributed by atoms with E-state index in [9.17, 15) is 31.1 Å². The van der Waals surface area contributed by atoms with Crippen molar-refractivity contribution in [1.82, 2.24) is 4.90 Å². The van der Waals surface area contributed by atoms with Crippen LogP contribution < -0.4 is 10.0 Å². The Morgan fingerprint density at radius 3 is 2.63 bits per heavy atom. The van der Waals surface area contributed by atoms with Crippen LogP contribution in [0.3, 0.4) is 0 Å². The van der Waals surface area contributed by atoms with Gasteiger partial charge in [0.15, 0.2) is 5.84 Å². The van der Waals surface area contributed by atoms with E-state index in [1.165, 1.54) is 18.2 Å². The zero-order chi connectivity index (χ0) is 27.0. The summed E-state index contributed by atoms with van der Waals surface area (Å²) in [5, 5.41) is 14.4. The molecular formula is C25H32FN4O6S2+. The molecule has 2 aliphatic heterocycles. The number of nitrogens with one attached hydrogen (secondary N) is 2. The molecule has 3 fully saturated rings. The van der Waals surface area contributed by atoms with Crippen molar-refractivity contribution in [2.75, 3.05) is 22.8 Å². The van der Waals surface area contributed by atoms with E-state index >= 15 is 0 Å². The van der Waals surface area contributed by atoms with Crippen LogP contribution in [0.5, 0.6) is 0 Å². The highest BCUT2D eigenvalue weighted by atomic mass is 32.2. The van der Waals surface area contributed by atoms with Crippen molar-refractivity contribution in [2.24, 2.45) is 28.1 Å². The quantitative estimate of drug-likeness (QED) is 0.465. The molecule has 38 heavy (non-hydrogen) atoms. The number of hydrogen-bond acceptors (Lipinski definition) is 6. The number of nitrogens with zero attached hydrogens (tertiary/aromatic N) is 2. The summed E-state index contributed by atoms with van der Waals surface area (Å²) in [4.78, 5) is 15.6. The maximum Gasteiger partial charge on any atom is 0.363 e. The second-order valence-electron chi connectivity index (χ2n) is 11.3. The summed E-state index contributed by atoms with van der Waals surface area (Å²) in [7, 11) is -7.68. The molecule has 4 N–H and O–H groups in total.